The lowest BCUT2D eigenvalue weighted by Gasteiger charge is -2.27. The highest BCUT2D eigenvalue weighted by molar-refractivity contribution is 7.71. The van der Waals surface area contributed by atoms with Crippen LogP contribution in [-0.4, -0.2) is 21.4 Å². The molecule has 1 unspecified atom stereocenters. The standard InChI is InChI=1S/C11H19N3OS/c1-11(2,3)14-9(12-13-10(14)16)8-6-4-5-7-15-8/h8H,4-7H2,1-3H3,(H,13,16). The summed E-state index contributed by atoms with van der Waals surface area (Å²) in [7, 11) is 0. The highest BCUT2D eigenvalue weighted by Crippen LogP contribution is 2.29. The van der Waals surface area contributed by atoms with Crippen LogP contribution in [0, 0.1) is 4.77 Å². The third-order valence-corrected chi connectivity index (χ3v) is 3.11. The Labute approximate surface area is 101 Å². The summed E-state index contributed by atoms with van der Waals surface area (Å²) in [6, 6.07) is 0. The molecule has 0 amide bonds. The van der Waals surface area contributed by atoms with Crippen LogP contribution in [-0.2, 0) is 10.3 Å². The van der Waals surface area contributed by atoms with Crippen molar-refractivity contribution in [1.29, 1.82) is 0 Å². The van der Waals surface area contributed by atoms with E-state index in [1.54, 1.807) is 0 Å². The van der Waals surface area contributed by atoms with E-state index in [2.05, 4.69) is 35.5 Å². The van der Waals surface area contributed by atoms with E-state index in [4.69, 9.17) is 17.0 Å². The van der Waals surface area contributed by atoms with Crippen LogP contribution in [0.4, 0.5) is 0 Å². The van der Waals surface area contributed by atoms with Gasteiger partial charge in [-0.1, -0.05) is 0 Å². The number of nitrogens with one attached hydrogen (secondary N) is 1. The highest BCUT2D eigenvalue weighted by atomic mass is 32.1. The van der Waals surface area contributed by atoms with Crippen LogP contribution in [0.15, 0.2) is 0 Å². The van der Waals surface area contributed by atoms with Gasteiger partial charge < -0.3 is 4.74 Å². The molecule has 0 aliphatic carbocycles. The molecule has 0 radical (unpaired) electrons. The number of aromatic nitrogens is 3. The summed E-state index contributed by atoms with van der Waals surface area (Å²) in [5.41, 5.74) is -0.0553. The number of aromatic amines is 1. The van der Waals surface area contributed by atoms with Gasteiger partial charge in [0.25, 0.3) is 0 Å². The highest BCUT2D eigenvalue weighted by Gasteiger charge is 2.26. The smallest absolute Gasteiger partial charge is 0.195 e. The van der Waals surface area contributed by atoms with Gasteiger partial charge in [-0.25, -0.2) is 0 Å². The summed E-state index contributed by atoms with van der Waals surface area (Å²) >= 11 is 5.28. The van der Waals surface area contributed by atoms with Crippen LogP contribution in [0.3, 0.4) is 0 Å². The lowest BCUT2D eigenvalue weighted by Crippen LogP contribution is -2.27. The fraction of sp³-hybridized carbons (Fsp3) is 0.818. The number of ether oxygens (including phenoxy) is 1. The predicted octanol–water partition coefficient (Wildman–Crippen LogP) is 2.94. The molecular weight excluding hydrogens is 222 g/mol. The molecule has 16 heavy (non-hydrogen) atoms. The molecule has 0 bridgehead atoms. The lowest BCUT2D eigenvalue weighted by atomic mass is 10.1. The minimum Gasteiger partial charge on any atom is -0.370 e. The van der Waals surface area contributed by atoms with Gasteiger partial charge in [-0.05, 0) is 52.3 Å². The topological polar surface area (TPSA) is 42.8 Å². The Morgan fingerprint density at radius 2 is 2.19 bits per heavy atom. The van der Waals surface area contributed by atoms with Crippen LogP contribution < -0.4 is 0 Å². The number of nitrogens with zero attached hydrogens (tertiary/aromatic N) is 2. The second-order valence-corrected chi connectivity index (χ2v) is 5.64. The van der Waals surface area contributed by atoms with E-state index >= 15 is 0 Å². The summed E-state index contributed by atoms with van der Waals surface area (Å²) in [4.78, 5) is 0. The van der Waals surface area contributed by atoms with E-state index in [1.807, 2.05) is 0 Å². The fourth-order valence-corrected chi connectivity index (χ4v) is 2.53. The Kier molecular flexibility index (Phi) is 3.17. The van der Waals surface area contributed by atoms with E-state index in [-0.39, 0.29) is 11.6 Å². The van der Waals surface area contributed by atoms with Gasteiger partial charge in [0, 0.05) is 12.1 Å². The van der Waals surface area contributed by atoms with Crippen molar-refractivity contribution in [2.24, 2.45) is 0 Å². The van der Waals surface area contributed by atoms with Gasteiger partial charge >= 0.3 is 0 Å². The molecule has 0 spiro atoms. The van der Waals surface area contributed by atoms with Crippen molar-refractivity contribution in [3.8, 4) is 0 Å². The van der Waals surface area contributed by atoms with E-state index in [0.29, 0.717) is 4.77 Å². The van der Waals surface area contributed by atoms with Gasteiger partial charge in [0.05, 0.1) is 0 Å². The third-order valence-electron chi connectivity index (χ3n) is 2.84. The van der Waals surface area contributed by atoms with E-state index in [1.165, 1.54) is 6.42 Å². The summed E-state index contributed by atoms with van der Waals surface area (Å²) in [6.07, 6.45) is 3.49. The monoisotopic (exact) mass is 241 g/mol. The lowest BCUT2D eigenvalue weighted by molar-refractivity contribution is 0.00497. The molecule has 1 aliphatic rings. The Morgan fingerprint density at radius 1 is 1.44 bits per heavy atom. The molecule has 1 aliphatic heterocycles. The average molecular weight is 241 g/mol. The molecule has 90 valence electrons. The van der Waals surface area contributed by atoms with Crippen molar-refractivity contribution in [1.82, 2.24) is 14.8 Å². The largest absolute Gasteiger partial charge is 0.370 e. The quantitative estimate of drug-likeness (QED) is 0.769. The van der Waals surface area contributed by atoms with Crippen molar-refractivity contribution < 1.29 is 4.74 Å². The zero-order valence-electron chi connectivity index (χ0n) is 10.1. The molecule has 1 saturated heterocycles. The normalized spacial score (nSPS) is 22.3. The molecule has 1 aromatic rings. The van der Waals surface area contributed by atoms with Crippen LogP contribution in [0.1, 0.15) is 52.0 Å². The average Bonchev–Trinajstić information content (AvgIpc) is 2.61. The van der Waals surface area contributed by atoms with Crippen LogP contribution in [0.5, 0.6) is 0 Å². The maximum absolute atomic E-state index is 5.76. The number of H-pyrrole nitrogens is 1. The summed E-state index contributed by atoms with van der Waals surface area (Å²) in [5, 5.41) is 7.20. The van der Waals surface area contributed by atoms with Gasteiger partial charge in [-0.2, -0.15) is 5.10 Å². The van der Waals surface area contributed by atoms with Gasteiger partial charge in [-0.3, -0.25) is 9.67 Å². The molecule has 1 atom stereocenters. The number of hydrogen-bond donors (Lipinski definition) is 1. The van der Waals surface area contributed by atoms with Gasteiger partial charge in [-0.15, -0.1) is 0 Å². The molecule has 0 saturated carbocycles. The summed E-state index contributed by atoms with van der Waals surface area (Å²) < 4.78 is 8.51. The minimum atomic E-state index is -0.0553. The predicted molar refractivity (Wildman–Crippen MR) is 65.0 cm³/mol. The molecule has 2 rings (SSSR count). The Bertz CT molecular complexity index is 410. The van der Waals surface area contributed by atoms with Crippen molar-refractivity contribution >= 4 is 12.2 Å². The zero-order valence-corrected chi connectivity index (χ0v) is 10.9. The van der Waals surface area contributed by atoms with E-state index in [9.17, 15) is 0 Å². The molecule has 1 N–H and O–H groups in total. The number of hydrogen-bond acceptors (Lipinski definition) is 3. The van der Waals surface area contributed by atoms with E-state index in [0.717, 1.165) is 25.3 Å². The van der Waals surface area contributed by atoms with Crippen molar-refractivity contribution in [2.75, 3.05) is 6.61 Å². The van der Waals surface area contributed by atoms with Crippen molar-refractivity contribution in [3.05, 3.63) is 10.6 Å². The van der Waals surface area contributed by atoms with Crippen LogP contribution in [0.25, 0.3) is 0 Å². The molecule has 2 heterocycles. The molecular formula is C11H19N3OS. The van der Waals surface area contributed by atoms with Gasteiger partial charge in [0.15, 0.2) is 10.6 Å². The van der Waals surface area contributed by atoms with Gasteiger partial charge in [0.2, 0.25) is 0 Å². The third kappa shape index (κ3) is 2.20. The molecule has 0 aromatic carbocycles. The second kappa shape index (κ2) is 4.30. The first-order valence-electron chi connectivity index (χ1n) is 5.79. The molecule has 1 fully saturated rings. The molecule has 1 aromatic heterocycles. The first-order chi connectivity index (χ1) is 7.50. The minimum absolute atomic E-state index is 0.0553. The SMILES string of the molecule is CC(C)(C)n1c(C2CCCCO2)n[nH]c1=S. The first kappa shape index (κ1) is 11.8. The van der Waals surface area contributed by atoms with Crippen molar-refractivity contribution in [2.45, 2.75) is 51.7 Å². The fourth-order valence-electron chi connectivity index (χ4n) is 2.12. The summed E-state index contributed by atoms with van der Waals surface area (Å²) in [6.45, 7) is 7.22. The van der Waals surface area contributed by atoms with Gasteiger partial charge in [0.1, 0.15) is 6.10 Å². The number of rotatable bonds is 1. The maximum Gasteiger partial charge on any atom is 0.195 e. The second-order valence-electron chi connectivity index (χ2n) is 5.25. The Hall–Kier alpha value is -0.680. The summed E-state index contributed by atoms with van der Waals surface area (Å²) in [5.74, 6) is 0.942. The van der Waals surface area contributed by atoms with E-state index < -0.39 is 0 Å². The molecule has 5 heteroatoms. The maximum atomic E-state index is 5.76. The van der Waals surface area contributed by atoms with Crippen LogP contribution >= 0.6 is 12.2 Å². The van der Waals surface area contributed by atoms with Crippen molar-refractivity contribution in [3.63, 3.8) is 0 Å². The first-order valence-corrected chi connectivity index (χ1v) is 6.20. The Morgan fingerprint density at radius 3 is 2.75 bits per heavy atom. The Balaban J connectivity index is 2.37. The molecule has 4 nitrogen and oxygen atoms in total. The van der Waals surface area contributed by atoms with Crippen LogP contribution in [0.2, 0.25) is 0 Å². The zero-order chi connectivity index (χ0) is 11.8.